The fourth-order valence-corrected chi connectivity index (χ4v) is 3.70. The van der Waals surface area contributed by atoms with Gasteiger partial charge in [0.2, 0.25) is 6.79 Å². The molecule has 0 N–H and O–H groups in total. The molecule has 1 atom stereocenters. The number of aryl methyl sites for hydroxylation is 1. The average Bonchev–Trinajstić information content (AvgIpc) is 3.29. The molecule has 4 rings (SSSR count). The van der Waals surface area contributed by atoms with Crippen molar-refractivity contribution >= 4 is 0 Å². The van der Waals surface area contributed by atoms with Crippen molar-refractivity contribution in [3.63, 3.8) is 0 Å². The Morgan fingerprint density at radius 2 is 1.96 bits per heavy atom. The van der Waals surface area contributed by atoms with E-state index in [-0.39, 0.29) is 12.8 Å². The second-order valence-corrected chi connectivity index (χ2v) is 7.01. The van der Waals surface area contributed by atoms with Gasteiger partial charge in [-0.05, 0) is 51.6 Å². The van der Waals surface area contributed by atoms with Crippen LogP contribution in [0.1, 0.15) is 48.9 Å². The fraction of sp³-hybridized carbons (Fsp3) is 0.579. The number of aromatic nitrogens is 3. The summed E-state index contributed by atoms with van der Waals surface area (Å²) in [7, 11) is 4.14. The van der Waals surface area contributed by atoms with Crippen LogP contribution in [-0.2, 0) is 11.3 Å². The zero-order valence-electron chi connectivity index (χ0n) is 15.6. The summed E-state index contributed by atoms with van der Waals surface area (Å²) in [4.78, 5) is 7.15. The highest BCUT2D eigenvalue weighted by Gasteiger charge is 2.28. The van der Waals surface area contributed by atoms with Gasteiger partial charge in [0.25, 0.3) is 0 Å². The van der Waals surface area contributed by atoms with Gasteiger partial charge in [-0.2, -0.15) is 5.10 Å². The van der Waals surface area contributed by atoms with Crippen LogP contribution in [0, 0.1) is 0 Å². The first kappa shape index (κ1) is 17.3. The lowest BCUT2D eigenvalue weighted by Gasteiger charge is -2.24. The van der Waals surface area contributed by atoms with Crippen LogP contribution < -0.4 is 9.47 Å². The number of benzene rings is 1. The van der Waals surface area contributed by atoms with Crippen LogP contribution in [0.4, 0.5) is 0 Å². The maximum Gasteiger partial charge on any atom is 0.231 e. The van der Waals surface area contributed by atoms with Crippen LogP contribution in [0.15, 0.2) is 18.2 Å². The largest absolute Gasteiger partial charge is 0.454 e. The number of ether oxygens (including phenoxy) is 3. The van der Waals surface area contributed by atoms with Gasteiger partial charge < -0.3 is 14.2 Å². The van der Waals surface area contributed by atoms with E-state index in [1.165, 1.54) is 0 Å². The lowest BCUT2D eigenvalue weighted by atomic mass is 10.00. The summed E-state index contributed by atoms with van der Waals surface area (Å²) in [5.41, 5.74) is 1.12. The number of rotatable bonds is 5. The standard InChI is InChI=1S/C19H26N4O3/c1-4-23-19(20-18(21-23)13-7-9-24-10-8-13)17(22(2)3)14-5-6-15-16(11-14)26-12-25-15/h5-6,11,13,17H,4,7-10,12H2,1-3H3/t17-/m1/s1. The Morgan fingerprint density at radius 3 is 2.69 bits per heavy atom. The molecular formula is C19H26N4O3. The summed E-state index contributed by atoms with van der Waals surface area (Å²) in [6.45, 7) is 4.77. The average molecular weight is 358 g/mol. The third kappa shape index (κ3) is 3.17. The normalized spacial score (nSPS) is 18.5. The van der Waals surface area contributed by atoms with E-state index in [1.807, 2.05) is 10.7 Å². The highest BCUT2D eigenvalue weighted by Crippen LogP contribution is 2.37. The molecule has 2 aliphatic heterocycles. The molecule has 0 spiro atoms. The zero-order valence-corrected chi connectivity index (χ0v) is 15.6. The Morgan fingerprint density at radius 1 is 1.19 bits per heavy atom. The molecule has 1 saturated heterocycles. The van der Waals surface area contributed by atoms with Crippen molar-refractivity contribution in [2.75, 3.05) is 34.1 Å². The summed E-state index contributed by atoms with van der Waals surface area (Å²) in [5, 5.41) is 4.82. The van der Waals surface area contributed by atoms with Gasteiger partial charge in [0.15, 0.2) is 17.3 Å². The highest BCUT2D eigenvalue weighted by molar-refractivity contribution is 5.46. The van der Waals surface area contributed by atoms with Crippen LogP contribution in [0.5, 0.6) is 11.5 Å². The van der Waals surface area contributed by atoms with E-state index < -0.39 is 0 Å². The molecule has 2 aromatic rings. The maximum absolute atomic E-state index is 5.56. The summed E-state index contributed by atoms with van der Waals surface area (Å²) in [6, 6.07) is 6.11. The molecule has 0 bridgehead atoms. The summed E-state index contributed by atoms with van der Waals surface area (Å²) in [5.74, 6) is 3.89. The van der Waals surface area contributed by atoms with E-state index in [1.54, 1.807) is 0 Å². The molecule has 2 aliphatic rings. The smallest absolute Gasteiger partial charge is 0.231 e. The van der Waals surface area contributed by atoms with Gasteiger partial charge in [0.1, 0.15) is 5.82 Å². The molecule has 1 aromatic heterocycles. The molecule has 1 aromatic carbocycles. The molecule has 3 heterocycles. The number of hydrogen-bond acceptors (Lipinski definition) is 6. The second kappa shape index (κ2) is 7.25. The predicted molar refractivity (Wildman–Crippen MR) is 96.6 cm³/mol. The maximum atomic E-state index is 5.56. The number of fused-ring (bicyclic) bond motifs is 1. The first-order valence-electron chi connectivity index (χ1n) is 9.25. The predicted octanol–water partition coefficient (Wildman–Crippen LogP) is 2.57. The van der Waals surface area contributed by atoms with Crippen molar-refractivity contribution < 1.29 is 14.2 Å². The highest BCUT2D eigenvalue weighted by atomic mass is 16.7. The van der Waals surface area contributed by atoms with Crippen LogP contribution in [0.2, 0.25) is 0 Å². The van der Waals surface area contributed by atoms with Gasteiger partial charge in [0.05, 0.1) is 6.04 Å². The summed E-state index contributed by atoms with van der Waals surface area (Å²) >= 11 is 0. The van der Waals surface area contributed by atoms with Crippen LogP contribution in [0.3, 0.4) is 0 Å². The van der Waals surface area contributed by atoms with Crippen LogP contribution in [-0.4, -0.2) is 53.8 Å². The number of nitrogens with zero attached hydrogens (tertiary/aromatic N) is 4. The monoisotopic (exact) mass is 358 g/mol. The van der Waals surface area contributed by atoms with E-state index in [2.05, 4.69) is 38.1 Å². The molecule has 1 fully saturated rings. The van der Waals surface area contributed by atoms with E-state index in [0.717, 1.165) is 61.3 Å². The molecule has 26 heavy (non-hydrogen) atoms. The lowest BCUT2D eigenvalue weighted by molar-refractivity contribution is 0.0835. The van der Waals surface area contributed by atoms with Gasteiger partial charge >= 0.3 is 0 Å². The minimum absolute atomic E-state index is 0.00513. The Bertz CT molecular complexity index is 768. The molecule has 7 nitrogen and oxygen atoms in total. The quantitative estimate of drug-likeness (QED) is 0.819. The minimum atomic E-state index is 0.00513. The van der Waals surface area contributed by atoms with Crippen molar-refractivity contribution in [2.45, 2.75) is 38.3 Å². The Balaban J connectivity index is 1.71. The molecule has 0 unspecified atom stereocenters. The third-order valence-corrected chi connectivity index (χ3v) is 5.08. The number of hydrogen-bond donors (Lipinski definition) is 0. The Hall–Kier alpha value is -2.12. The molecule has 140 valence electrons. The van der Waals surface area contributed by atoms with E-state index in [0.29, 0.717) is 5.92 Å². The van der Waals surface area contributed by atoms with Crippen molar-refractivity contribution in [3.05, 3.63) is 35.4 Å². The molecule has 0 amide bonds. The SMILES string of the molecule is CCn1nc(C2CCOCC2)nc1[C@@H](c1ccc2c(c1)OCO2)N(C)C. The van der Waals surface area contributed by atoms with Crippen LogP contribution >= 0.6 is 0 Å². The fourth-order valence-electron chi connectivity index (χ4n) is 3.70. The minimum Gasteiger partial charge on any atom is -0.454 e. The Kier molecular flexibility index (Phi) is 4.82. The second-order valence-electron chi connectivity index (χ2n) is 7.01. The molecular weight excluding hydrogens is 332 g/mol. The first-order chi connectivity index (χ1) is 12.7. The Labute approximate surface area is 153 Å². The van der Waals surface area contributed by atoms with Gasteiger partial charge in [-0.1, -0.05) is 6.07 Å². The van der Waals surface area contributed by atoms with Crippen molar-refractivity contribution in [1.82, 2.24) is 19.7 Å². The van der Waals surface area contributed by atoms with E-state index in [9.17, 15) is 0 Å². The third-order valence-electron chi connectivity index (χ3n) is 5.08. The summed E-state index contributed by atoms with van der Waals surface area (Å²) in [6.07, 6.45) is 1.98. The van der Waals surface area contributed by atoms with Gasteiger partial charge in [0, 0.05) is 25.7 Å². The molecule has 0 radical (unpaired) electrons. The van der Waals surface area contributed by atoms with Crippen molar-refractivity contribution in [2.24, 2.45) is 0 Å². The van der Waals surface area contributed by atoms with E-state index in [4.69, 9.17) is 24.3 Å². The van der Waals surface area contributed by atoms with Crippen molar-refractivity contribution in [3.8, 4) is 11.5 Å². The zero-order chi connectivity index (χ0) is 18.1. The van der Waals surface area contributed by atoms with Gasteiger partial charge in [-0.25, -0.2) is 9.67 Å². The lowest BCUT2D eigenvalue weighted by Crippen LogP contribution is -2.25. The molecule has 0 saturated carbocycles. The topological polar surface area (TPSA) is 61.6 Å². The van der Waals surface area contributed by atoms with Gasteiger partial charge in [-0.3, -0.25) is 4.90 Å². The molecule has 0 aliphatic carbocycles. The first-order valence-corrected chi connectivity index (χ1v) is 9.25. The van der Waals surface area contributed by atoms with Gasteiger partial charge in [-0.15, -0.1) is 0 Å². The van der Waals surface area contributed by atoms with Crippen LogP contribution in [0.25, 0.3) is 0 Å². The summed E-state index contributed by atoms with van der Waals surface area (Å²) < 4.78 is 18.5. The molecule has 7 heteroatoms. The van der Waals surface area contributed by atoms with Crippen molar-refractivity contribution in [1.29, 1.82) is 0 Å². The van der Waals surface area contributed by atoms with E-state index >= 15 is 0 Å².